The van der Waals surface area contributed by atoms with E-state index in [1.165, 1.54) is 0 Å². The lowest BCUT2D eigenvalue weighted by Gasteiger charge is -2.04. The van der Waals surface area contributed by atoms with E-state index in [1.54, 1.807) is 0 Å². The topological polar surface area (TPSA) is 72.2 Å². The van der Waals surface area contributed by atoms with Crippen molar-refractivity contribution in [1.82, 2.24) is 9.78 Å². The van der Waals surface area contributed by atoms with Gasteiger partial charge in [0.25, 0.3) is 0 Å². The number of carbonyl (C=O) groups excluding carboxylic acids is 1. The Morgan fingerprint density at radius 1 is 1.47 bits per heavy atom. The van der Waals surface area contributed by atoms with E-state index in [0.717, 1.165) is 11.7 Å². The lowest BCUT2D eigenvalue weighted by molar-refractivity contribution is -0.149. The summed E-state index contributed by atoms with van der Waals surface area (Å²) in [6.07, 6.45) is -5.74. The highest BCUT2D eigenvalue weighted by Crippen LogP contribution is 2.34. The molecule has 0 fully saturated rings. The van der Waals surface area contributed by atoms with Crippen molar-refractivity contribution in [2.45, 2.75) is 12.6 Å². The highest BCUT2D eigenvalue weighted by molar-refractivity contribution is 6.35. The molecular weight excluding hydrogens is 265 g/mol. The molecule has 0 aromatic carbocycles. The summed E-state index contributed by atoms with van der Waals surface area (Å²) in [5, 5.41) is 11.0. The largest absolute Gasteiger partial charge is 0.475 e. The predicted molar refractivity (Wildman–Crippen MR) is 49.6 cm³/mol. The fourth-order valence-electron chi connectivity index (χ4n) is 1.17. The van der Waals surface area contributed by atoms with E-state index in [2.05, 4.69) is 5.10 Å². The molecule has 1 N–H and O–H groups in total. The van der Waals surface area contributed by atoms with Crippen molar-refractivity contribution in [1.29, 1.82) is 0 Å². The van der Waals surface area contributed by atoms with Crippen LogP contribution in [0, 0.1) is 0 Å². The maximum atomic E-state index is 12.5. The number of carboxylic acids is 1. The summed E-state index contributed by atoms with van der Waals surface area (Å²) in [7, 11) is 1.16. The third-order valence-electron chi connectivity index (χ3n) is 1.91. The van der Waals surface area contributed by atoms with E-state index in [9.17, 15) is 22.8 Å². The van der Waals surface area contributed by atoms with Gasteiger partial charge in [-0.3, -0.25) is 9.48 Å². The number of alkyl halides is 3. The number of rotatable bonds is 3. The molecule has 0 spiro atoms. The number of halogens is 4. The van der Waals surface area contributed by atoms with Gasteiger partial charge in [-0.25, -0.2) is 4.79 Å². The molecule has 94 valence electrons. The second kappa shape index (κ2) is 4.36. The van der Waals surface area contributed by atoms with E-state index >= 15 is 0 Å². The molecule has 1 heterocycles. The van der Waals surface area contributed by atoms with Crippen LogP contribution in [0.4, 0.5) is 13.2 Å². The molecule has 0 aliphatic carbocycles. The predicted octanol–water partition coefficient (Wildman–Crippen LogP) is 1.29. The lowest BCUT2D eigenvalue weighted by Crippen LogP contribution is -2.18. The van der Waals surface area contributed by atoms with Crippen LogP contribution in [0.15, 0.2) is 0 Å². The molecule has 9 heteroatoms. The van der Waals surface area contributed by atoms with Gasteiger partial charge in [-0.2, -0.15) is 18.3 Å². The quantitative estimate of drug-likeness (QED) is 0.840. The highest BCUT2D eigenvalue weighted by atomic mass is 35.5. The molecule has 0 saturated heterocycles. The summed E-state index contributed by atoms with van der Waals surface area (Å²) in [6.45, 7) is 0. The standard InChI is InChI=1S/C8H6ClF3N2O3/c1-14-6(9)3(2-4(15)7(16)17)5(13-14)8(10,11)12/h2H2,1H3,(H,16,17). The molecule has 1 aromatic rings. The summed E-state index contributed by atoms with van der Waals surface area (Å²) in [5.41, 5.74) is -1.98. The van der Waals surface area contributed by atoms with E-state index in [-0.39, 0.29) is 0 Å². The molecule has 0 aliphatic rings. The summed E-state index contributed by atoms with van der Waals surface area (Å²) in [5.74, 6) is -3.21. The Morgan fingerprint density at radius 2 is 2.00 bits per heavy atom. The number of aliphatic carboxylic acids is 1. The Hall–Kier alpha value is -1.57. The first kappa shape index (κ1) is 13.5. The Morgan fingerprint density at radius 3 is 2.41 bits per heavy atom. The first-order valence-electron chi connectivity index (χ1n) is 4.19. The van der Waals surface area contributed by atoms with Gasteiger partial charge < -0.3 is 5.11 Å². The van der Waals surface area contributed by atoms with Crippen LogP contribution in [0.2, 0.25) is 5.15 Å². The van der Waals surface area contributed by atoms with Crippen molar-refractivity contribution in [3.63, 3.8) is 0 Å². The molecule has 0 atom stereocenters. The molecule has 1 aromatic heterocycles. The lowest BCUT2D eigenvalue weighted by atomic mass is 10.1. The summed E-state index contributed by atoms with van der Waals surface area (Å²) in [4.78, 5) is 21.2. The van der Waals surface area contributed by atoms with E-state index in [1.807, 2.05) is 0 Å². The van der Waals surface area contributed by atoms with Crippen LogP contribution in [0.25, 0.3) is 0 Å². The first-order valence-corrected chi connectivity index (χ1v) is 4.57. The summed E-state index contributed by atoms with van der Waals surface area (Å²) >= 11 is 5.52. The molecule has 0 bridgehead atoms. The number of hydrogen-bond acceptors (Lipinski definition) is 3. The van der Waals surface area contributed by atoms with E-state index in [0.29, 0.717) is 0 Å². The minimum absolute atomic E-state index is 0.410. The van der Waals surface area contributed by atoms with Gasteiger partial charge in [0, 0.05) is 19.0 Å². The SMILES string of the molecule is Cn1nc(C(F)(F)F)c(CC(=O)C(=O)O)c1Cl. The maximum Gasteiger partial charge on any atom is 0.435 e. The van der Waals surface area contributed by atoms with Crippen LogP contribution < -0.4 is 0 Å². The van der Waals surface area contributed by atoms with Crippen molar-refractivity contribution in [2.24, 2.45) is 7.05 Å². The normalized spacial score (nSPS) is 11.6. The number of carboxylic acid groups (broad SMARTS) is 1. The van der Waals surface area contributed by atoms with Crippen molar-refractivity contribution in [3.8, 4) is 0 Å². The minimum atomic E-state index is -4.79. The van der Waals surface area contributed by atoms with Crippen LogP contribution in [-0.2, 0) is 29.2 Å². The van der Waals surface area contributed by atoms with Crippen molar-refractivity contribution in [2.75, 3.05) is 0 Å². The van der Waals surface area contributed by atoms with Gasteiger partial charge in [0.1, 0.15) is 5.15 Å². The number of Topliss-reactive ketones (excluding diaryl/α,β-unsaturated/α-hetero) is 1. The monoisotopic (exact) mass is 270 g/mol. The van der Waals surface area contributed by atoms with Gasteiger partial charge in [0.15, 0.2) is 5.69 Å². The second-order valence-corrected chi connectivity index (χ2v) is 3.50. The zero-order chi connectivity index (χ0) is 13.4. The van der Waals surface area contributed by atoms with Crippen molar-refractivity contribution < 1.29 is 27.9 Å². The van der Waals surface area contributed by atoms with E-state index in [4.69, 9.17) is 16.7 Å². The van der Waals surface area contributed by atoms with Gasteiger partial charge in [0.2, 0.25) is 5.78 Å². The molecular formula is C8H6ClF3N2O3. The fourth-order valence-corrected chi connectivity index (χ4v) is 1.36. The number of hydrogen-bond donors (Lipinski definition) is 1. The minimum Gasteiger partial charge on any atom is -0.475 e. The van der Waals surface area contributed by atoms with Gasteiger partial charge >= 0.3 is 12.1 Å². The average Bonchev–Trinajstić information content (AvgIpc) is 2.45. The Labute approximate surface area is 97.8 Å². The Balaban J connectivity index is 3.22. The molecule has 1 rings (SSSR count). The Bertz CT molecular complexity index is 481. The van der Waals surface area contributed by atoms with E-state index < -0.39 is 40.8 Å². The average molecular weight is 271 g/mol. The summed E-state index contributed by atoms with van der Waals surface area (Å²) in [6, 6.07) is 0. The number of aromatic nitrogens is 2. The molecule has 0 saturated carbocycles. The third-order valence-corrected chi connectivity index (χ3v) is 2.39. The van der Waals surface area contributed by atoms with Crippen LogP contribution in [-0.4, -0.2) is 26.6 Å². The third kappa shape index (κ3) is 2.76. The maximum absolute atomic E-state index is 12.5. The van der Waals surface area contributed by atoms with Crippen LogP contribution in [0.1, 0.15) is 11.3 Å². The summed E-state index contributed by atoms with van der Waals surface area (Å²) < 4.78 is 38.2. The van der Waals surface area contributed by atoms with Crippen molar-refractivity contribution >= 4 is 23.4 Å². The smallest absolute Gasteiger partial charge is 0.435 e. The molecule has 0 amide bonds. The van der Waals surface area contributed by atoms with Crippen LogP contribution in [0.3, 0.4) is 0 Å². The zero-order valence-corrected chi connectivity index (χ0v) is 9.13. The van der Waals surface area contributed by atoms with Gasteiger partial charge in [0.05, 0.1) is 0 Å². The highest BCUT2D eigenvalue weighted by Gasteiger charge is 2.39. The number of ketones is 1. The van der Waals surface area contributed by atoms with Crippen molar-refractivity contribution in [3.05, 3.63) is 16.4 Å². The van der Waals surface area contributed by atoms with Gasteiger partial charge in [-0.15, -0.1) is 0 Å². The van der Waals surface area contributed by atoms with Crippen LogP contribution >= 0.6 is 11.6 Å². The molecule has 0 aliphatic heterocycles. The molecule has 0 radical (unpaired) electrons. The second-order valence-electron chi connectivity index (χ2n) is 3.14. The Kier molecular flexibility index (Phi) is 3.46. The molecule has 0 unspecified atom stereocenters. The number of carbonyl (C=O) groups is 2. The number of nitrogens with zero attached hydrogens (tertiary/aromatic N) is 2. The fraction of sp³-hybridized carbons (Fsp3) is 0.375. The van der Waals surface area contributed by atoms with Crippen LogP contribution in [0.5, 0.6) is 0 Å². The zero-order valence-electron chi connectivity index (χ0n) is 8.38. The van der Waals surface area contributed by atoms with Gasteiger partial charge in [-0.05, 0) is 0 Å². The van der Waals surface area contributed by atoms with Gasteiger partial charge in [-0.1, -0.05) is 11.6 Å². The molecule has 17 heavy (non-hydrogen) atoms. The molecule has 5 nitrogen and oxygen atoms in total. The number of aryl methyl sites for hydroxylation is 1. The first-order chi connectivity index (χ1) is 7.64.